The van der Waals surface area contributed by atoms with Crippen molar-refractivity contribution in [2.75, 3.05) is 26.0 Å². The van der Waals surface area contributed by atoms with Crippen molar-refractivity contribution in [1.82, 2.24) is 9.88 Å². The average Bonchev–Trinajstić information content (AvgIpc) is 2.29. The minimum atomic E-state index is -0.0480. The van der Waals surface area contributed by atoms with Crippen molar-refractivity contribution in [2.45, 2.75) is 19.9 Å². The topological polar surface area (TPSA) is 54.5 Å². The zero-order chi connectivity index (χ0) is 12.8. The van der Waals surface area contributed by atoms with Gasteiger partial charge in [0.05, 0.1) is 25.5 Å². The van der Waals surface area contributed by atoms with Gasteiger partial charge in [0.25, 0.3) is 0 Å². The lowest BCUT2D eigenvalue weighted by molar-refractivity contribution is -0.117. The zero-order valence-electron chi connectivity index (χ0n) is 10.7. The number of pyridine rings is 1. The van der Waals surface area contributed by atoms with Crippen molar-refractivity contribution >= 4 is 11.6 Å². The Morgan fingerprint density at radius 3 is 2.71 bits per heavy atom. The van der Waals surface area contributed by atoms with Gasteiger partial charge in [-0.15, -0.1) is 0 Å². The van der Waals surface area contributed by atoms with Crippen LogP contribution in [0.4, 0.5) is 5.69 Å². The van der Waals surface area contributed by atoms with Crippen LogP contribution in [0.5, 0.6) is 5.88 Å². The summed E-state index contributed by atoms with van der Waals surface area (Å²) in [5.41, 5.74) is 0.674. The number of methoxy groups -OCH3 is 1. The number of nitrogens with one attached hydrogen (secondary N) is 1. The number of rotatable bonds is 5. The van der Waals surface area contributed by atoms with Gasteiger partial charge in [0.2, 0.25) is 11.8 Å². The quantitative estimate of drug-likeness (QED) is 0.840. The highest BCUT2D eigenvalue weighted by Crippen LogP contribution is 2.10. The number of aromatic nitrogens is 1. The van der Waals surface area contributed by atoms with Crippen LogP contribution in [0.15, 0.2) is 18.3 Å². The molecule has 0 atom stereocenters. The molecule has 0 unspecified atom stereocenters. The van der Waals surface area contributed by atoms with Crippen LogP contribution in [0.3, 0.4) is 0 Å². The highest BCUT2D eigenvalue weighted by atomic mass is 16.5. The molecule has 1 amide bonds. The fraction of sp³-hybridized carbons (Fsp3) is 0.500. The van der Waals surface area contributed by atoms with Crippen molar-refractivity contribution in [3.05, 3.63) is 18.3 Å². The molecule has 1 aromatic rings. The maximum Gasteiger partial charge on any atom is 0.238 e. The Morgan fingerprint density at radius 2 is 2.24 bits per heavy atom. The molecule has 94 valence electrons. The van der Waals surface area contributed by atoms with Gasteiger partial charge in [-0.2, -0.15) is 0 Å². The predicted octanol–water partition coefficient (Wildman–Crippen LogP) is 1.37. The number of nitrogens with zero attached hydrogens (tertiary/aromatic N) is 2. The van der Waals surface area contributed by atoms with Gasteiger partial charge in [-0.1, -0.05) is 0 Å². The van der Waals surface area contributed by atoms with Crippen LogP contribution in [0.1, 0.15) is 13.8 Å². The first-order valence-electron chi connectivity index (χ1n) is 5.53. The first kappa shape index (κ1) is 13.4. The van der Waals surface area contributed by atoms with E-state index in [1.165, 1.54) is 0 Å². The van der Waals surface area contributed by atoms with E-state index in [1.807, 2.05) is 25.8 Å². The lowest BCUT2D eigenvalue weighted by Gasteiger charge is -2.20. The Kier molecular flexibility index (Phi) is 4.90. The summed E-state index contributed by atoms with van der Waals surface area (Å²) in [6, 6.07) is 3.82. The summed E-state index contributed by atoms with van der Waals surface area (Å²) in [6.07, 6.45) is 1.58. The second-order valence-corrected chi connectivity index (χ2v) is 4.15. The Labute approximate surface area is 102 Å². The minimum Gasteiger partial charge on any atom is -0.481 e. The van der Waals surface area contributed by atoms with Crippen LogP contribution in [0, 0.1) is 0 Å². The predicted molar refractivity (Wildman–Crippen MR) is 67.2 cm³/mol. The number of carbonyl (C=O) groups is 1. The molecular weight excluding hydrogens is 218 g/mol. The summed E-state index contributed by atoms with van der Waals surface area (Å²) in [6.45, 7) is 4.45. The van der Waals surface area contributed by atoms with Crippen molar-refractivity contribution in [2.24, 2.45) is 0 Å². The SMILES string of the molecule is COc1ccc(NC(=O)CN(C)C(C)C)cn1. The largest absolute Gasteiger partial charge is 0.481 e. The van der Waals surface area contributed by atoms with Crippen LogP contribution in [-0.4, -0.2) is 42.5 Å². The summed E-state index contributed by atoms with van der Waals surface area (Å²) < 4.78 is 4.94. The molecule has 0 aliphatic carbocycles. The van der Waals surface area contributed by atoms with Crippen molar-refractivity contribution in [1.29, 1.82) is 0 Å². The fourth-order valence-corrected chi connectivity index (χ4v) is 1.18. The maximum atomic E-state index is 11.7. The van der Waals surface area contributed by atoms with Crippen LogP contribution in [0.2, 0.25) is 0 Å². The molecule has 0 spiro atoms. The number of carbonyl (C=O) groups excluding carboxylic acids is 1. The minimum absolute atomic E-state index is 0.0480. The first-order valence-corrected chi connectivity index (χ1v) is 5.53. The molecule has 1 aromatic heterocycles. The highest BCUT2D eigenvalue weighted by Gasteiger charge is 2.09. The van der Waals surface area contributed by atoms with E-state index < -0.39 is 0 Å². The normalized spacial score (nSPS) is 10.7. The number of ether oxygens (including phenoxy) is 1. The molecule has 1 rings (SSSR count). The van der Waals surface area contributed by atoms with E-state index in [9.17, 15) is 4.79 Å². The third kappa shape index (κ3) is 4.40. The summed E-state index contributed by atoms with van der Waals surface area (Å²) in [7, 11) is 3.47. The van der Waals surface area contributed by atoms with Crippen molar-refractivity contribution < 1.29 is 9.53 Å². The van der Waals surface area contributed by atoms with E-state index in [4.69, 9.17) is 4.74 Å². The Hall–Kier alpha value is -1.62. The lowest BCUT2D eigenvalue weighted by Crippen LogP contribution is -2.34. The smallest absolute Gasteiger partial charge is 0.238 e. The third-order valence-corrected chi connectivity index (χ3v) is 2.50. The van der Waals surface area contributed by atoms with Gasteiger partial charge in [-0.3, -0.25) is 9.69 Å². The van der Waals surface area contributed by atoms with Gasteiger partial charge < -0.3 is 10.1 Å². The Morgan fingerprint density at radius 1 is 1.53 bits per heavy atom. The summed E-state index contributed by atoms with van der Waals surface area (Å²) in [4.78, 5) is 17.6. The molecule has 0 bridgehead atoms. The van der Waals surface area contributed by atoms with E-state index >= 15 is 0 Å². The number of hydrogen-bond donors (Lipinski definition) is 1. The van der Waals surface area contributed by atoms with E-state index in [2.05, 4.69) is 10.3 Å². The molecule has 0 saturated heterocycles. The first-order chi connectivity index (χ1) is 8.02. The molecule has 0 aliphatic heterocycles. The Balaban J connectivity index is 2.50. The van der Waals surface area contributed by atoms with E-state index in [0.29, 0.717) is 24.2 Å². The highest BCUT2D eigenvalue weighted by molar-refractivity contribution is 5.92. The molecule has 0 aliphatic rings. The third-order valence-electron chi connectivity index (χ3n) is 2.50. The monoisotopic (exact) mass is 237 g/mol. The van der Waals surface area contributed by atoms with E-state index in [1.54, 1.807) is 25.4 Å². The number of likely N-dealkylation sites (N-methyl/N-ethyl adjacent to an activating group) is 1. The maximum absolute atomic E-state index is 11.7. The van der Waals surface area contributed by atoms with Gasteiger partial charge >= 0.3 is 0 Å². The molecule has 0 saturated carbocycles. The molecule has 5 nitrogen and oxygen atoms in total. The second kappa shape index (κ2) is 6.20. The van der Waals surface area contributed by atoms with Gasteiger partial charge in [-0.05, 0) is 27.0 Å². The van der Waals surface area contributed by atoms with Gasteiger partial charge in [0.15, 0.2) is 0 Å². The molecule has 1 heterocycles. The van der Waals surface area contributed by atoms with Gasteiger partial charge in [-0.25, -0.2) is 4.98 Å². The summed E-state index contributed by atoms with van der Waals surface area (Å²) in [5.74, 6) is 0.482. The van der Waals surface area contributed by atoms with Gasteiger partial charge in [0, 0.05) is 12.1 Å². The second-order valence-electron chi connectivity index (χ2n) is 4.15. The van der Waals surface area contributed by atoms with Crippen molar-refractivity contribution in [3.8, 4) is 5.88 Å². The molecule has 0 radical (unpaired) electrons. The molecule has 1 N–H and O–H groups in total. The standard InChI is InChI=1S/C12H19N3O2/c1-9(2)15(3)8-11(16)14-10-5-6-12(17-4)13-7-10/h5-7,9H,8H2,1-4H3,(H,14,16). The number of anilines is 1. The summed E-state index contributed by atoms with van der Waals surface area (Å²) in [5, 5.41) is 2.78. The molecule has 17 heavy (non-hydrogen) atoms. The van der Waals surface area contributed by atoms with E-state index in [0.717, 1.165) is 0 Å². The zero-order valence-corrected chi connectivity index (χ0v) is 10.7. The molecular formula is C12H19N3O2. The van der Waals surface area contributed by atoms with Crippen LogP contribution in [-0.2, 0) is 4.79 Å². The number of hydrogen-bond acceptors (Lipinski definition) is 4. The van der Waals surface area contributed by atoms with Gasteiger partial charge in [0.1, 0.15) is 0 Å². The summed E-state index contributed by atoms with van der Waals surface area (Å²) >= 11 is 0. The fourth-order valence-electron chi connectivity index (χ4n) is 1.18. The number of amides is 1. The molecule has 5 heteroatoms. The van der Waals surface area contributed by atoms with Crippen LogP contribution < -0.4 is 10.1 Å². The molecule has 0 aromatic carbocycles. The van der Waals surface area contributed by atoms with Crippen molar-refractivity contribution in [3.63, 3.8) is 0 Å². The Bertz CT molecular complexity index is 363. The molecule has 0 fully saturated rings. The lowest BCUT2D eigenvalue weighted by atomic mass is 10.3. The average molecular weight is 237 g/mol. The van der Waals surface area contributed by atoms with Crippen LogP contribution in [0.25, 0.3) is 0 Å². The van der Waals surface area contributed by atoms with E-state index in [-0.39, 0.29) is 5.91 Å². The van der Waals surface area contributed by atoms with Crippen LogP contribution >= 0.6 is 0 Å².